The zero-order chi connectivity index (χ0) is 23.2. The minimum Gasteiger partial charge on any atom is -0.489 e. The van der Waals surface area contributed by atoms with Crippen LogP contribution in [0, 0.1) is 11.3 Å². The average Bonchev–Trinajstić information content (AvgIpc) is 2.83. The Bertz CT molecular complexity index is 1380. The number of rotatable bonds is 6. The molecule has 0 aliphatic carbocycles. The molecule has 162 valence electrons. The second-order valence-corrected chi connectivity index (χ2v) is 8.09. The van der Waals surface area contributed by atoms with Crippen molar-refractivity contribution in [2.45, 2.75) is 6.61 Å². The molecule has 4 nitrogen and oxygen atoms in total. The summed E-state index contributed by atoms with van der Waals surface area (Å²) in [6, 6.07) is 27.7. The van der Waals surface area contributed by atoms with E-state index in [1.54, 1.807) is 42.5 Å². The lowest BCUT2D eigenvalue weighted by Gasteiger charge is -2.09. The second kappa shape index (κ2) is 10.2. The molecule has 33 heavy (non-hydrogen) atoms. The number of halogens is 2. The molecular formula is C27H18Cl2N2O2. The maximum Gasteiger partial charge on any atom is 0.266 e. The van der Waals surface area contributed by atoms with Crippen molar-refractivity contribution in [2.24, 2.45) is 0 Å². The molecule has 0 aromatic heterocycles. The van der Waals surface area contributed by atoms with Gasteiger partial charge in [-0.25, -0.2) is 0 Å². The molecular weight excluding hydrogens is 455 g/mol. The van der Waals surface area contributed by atoms with E-state index in [4.69, 9.17) is 27.9 Å². The highest BCUT2D eigenvalue weighted by Gasteiger charge is 2.11. The molecule has 0 aliphatic rings. The quantitative estimate of drug-likeness (QED) is 0.237. The zero-order valence-corrected chi connectivity index (χ0v) is 18.9. The monoisotopic (exact) mass is 472 g/mol. The summed E-state index contributed by atoms with van der Waals surface area (Å²) in [6.07, 6.45) is 1.54. The summed E-state index contributed by atoms with van der Waals surface area (Å²) in [5, 5.41) is 15.4. The Balaban J connectivity index is 1.45. The molecule has 0 heterocycles. The van der Waals surface area contributed by atoms with Gasteiger partial charge in [-0.2, -0.15) is 5.26 Å². The fourth-order valence-corrected chi connectivity index (χ4v) is 3.76. The van der Waals surface area contributed by atoms with Crippen molar-refractivity contribution >= 4 is 51.6 Å². The number of carbonyl (C=O) groups excluding carboxylic acids is 1. The van der Waals surface area contributed by atoms with Crippen molar-refractivity contribution in [3.05, 3.63) is 112 Å². The summed E-state index contributed by atoms with van der Waals surface area (Å²) in [5.74, 6) is 0.170. The minimum absolute atomic E-state index is 0.00421. The van der Waals surface area contributed by atoms with Crippen molar-refractivity contribution < 1.29 is 9.53 Å². The van der Waals surface area contributed by atoms with Gasteiger partial charge in [0, 0.05) is 26.7 Å². The van der Waals surface area contributed by atoms with E-state index in [-0.39, 0.29) is 5.57 Å². The fourth-order valence-electron chi connectivity index (χ4n) is 3.30. The number of nitrogens with one attached hydrogen (secondary N) is 1. The van der Waals surface area contributed by atoms with E-state index >= 15 is 0 Å². The number of fused-ring (bicyclic) bond motifs is 1. The van der Waals surface area contributed by atoms with Crippen LogP contribution in [-0.2, 0) is 11.4 Å². The van der Waals surface area contributed by atoms with E-state index < -0.39 is 5.91 Å². The normalized spacial score (nSPS) is 11.1. The maximum absolute atomic E-state index is 12.7. The summed E-state index contributed by atoms with van der Waals surface area (Å²) < 4.78 is 5.77. The summed E-state index contributed by atoms with van der Waals surface area (Å²) in [6.45, 7) is 0.294. The van der Waals surface area contributed by atoms with Crippen molar-refractivity contribution in [2.75, 3.05) is 5.32 Å². The highest BCUT2D eigenvalue weighted by molar-refractivity contribution is 6.35. The molecule has 4 aromatic carbocycles. The number of amides is 1. The molecule has 0 atom stereocenters. The van der Waals surface area contributed by atoms with Gasteiger partial charge in [0.25, 0.3) is 5.91 Å². The van der Waals surface area contributed by atoms with Crippen molar-refractivity contribution in [3.63, 3.8) is 0 Å². The van der Waals surface area contributed by atoms with Crippen LogP contribution in [0.2, 0.25) is 10.0 Å². The molecule has 0 saturated heterocycles. The van der Waals surface area contributed by atoms with Crippen molar-refractivity contribution in [1.82, 2.24) is 0 Å². The van der Waals surface area contributed by atoms with E-state index in [2.05, 4.69) is 5.32 Å². The van der Waals surface area contributed by atoms with E-state index in [9.17, 15) is 10.1 Å². The highest BCUT2D eigenvalue weighted by Crippen LogP contribution is 2.25. The first-order chi connectivity index (χ1) is 16.0. The summed E-state index contributed by atoms with van der Waals surface area (Å²) in [4.78, 5) is 12.7. The maximum atomic E-state index is 12.7. The van der Waals surface area contributed by atoms with Gasteiger partial charge in [-0.1, -0.05) is 77.8 Å². The van der Waals surface area contributed by atoms with E-state index in [0.717, 1.165) is 16.3 Å². The lowest BCUT2D eigenvalue weighted by Crippen LogP contribution is -2.13. The zero-order valence-electron chi connectivity index (χ0n) is 17.4. The standard InChI is InChI=1S/C27H18Cl2N2O2/c28-22-11-10-20(25(29)15-22)17-33-23-12-8-18(9-13-23)14-21(16-30)27(32)31-26-7-3-5-19-4-1-2-6-24(19)26/h1-15H,17H2,(H,31,32)/b21-14+. The van der Waals surface area contributed by atoms with Gasteiger partial charge in [-0.05, 0) is 47.4 Å². The van der Waals surface area contributed by atoms with Gasteiger partial charge in [0.05, 0.1) is 0 Å². The van der Waals surface area contributed by atoms with Crippen LogP contribution in [0.3, 0.4) is 0 Å². The average molecular weight is 473 g/mol. The third-order valence-electron chi connectivity index (χ3n) is 5.00. The summed E-state index contributed by atoms with van der Waals surface area (Å²) in [7, 11) is 0. The van der Waals surface area contributed by atoms with Gasteiger partial charge < -0.3 is 10.1 Å². The van der Waals surface area contributed by atoms with Gasteiger partial charge in [0.2, 0.25) is 0 Å². The number of benzene rings is 4. The Morgan fingerprint density at radius 2 is 1.73 bits per heavy atom. The molecule has 0 bridgehead atoms. The molecule has 0 saturated carbocycles. The van der Waals surface area contributed by atoms with E-state index in [1.807, 2.05) is 54.6 Å². The van der Waals surface area contributed by atoms with E-state index in [1.165, 1.54) is 0 Å². The number of nitriles is 1. The predicted octanol–water partition coefficient (Wildman–Crippen LogP) is 7.27. The Morgan fingerprint density at radius 1 is 0.970 bits per heavy atom. The number of hydrogen-bond donors (Lipinski definition) is 1. The van der Waals surface area contributed by atoms with Crippen molar-refractivity contribution in [1.29, 1.82) is 5.26 Å². The van der Waals surface area contributed by atoms with Crippen LogP contribution in [0.1, 0.15) is 11.1 Å². The third-order valence-corrected chi connectivity index (χ3v) is 5.59. The molecule has 1 amide bonds. The summed E-state index contributed by atoms with van der Waals surface area (Å²) in [5.41, 5.74) is 2.19. The number of ether oxygens (including phenoxy) is 1. The fraction of sp³-hybridized carbons (Fsp3) is 0.0370. The van der Waals surface area contributed by atoms with Crippen molar-refractivity contribution in [3.8, 4) is 11.8 Å². The van der Waals surface area contributed by atoms with E-state index in [0.29, 0.717) is 33.7 Å². The molecule has 1 N–H and O–H groups in total. The SMILES string of the molecule is N#C/C(=C\c1ccc(OCc2ccc(Cl)cc2Cl)cc1)C(=O)Nc1cccc2ccccc12. The lowest BCUT2D eigenvalue weighted by atomic mass is 10.1. The highest BCUT2D eigenvalue weighted by atomic mass is 35.5. The Kier molecular flexibility index (Phi) is 6.95. The molecule has 0 fully saturated rings. The molecule has 4 rings (SSSR count). The van der Waals surface area contributed by atoms with Gasteiger partial charge in [0.1, 0.15) is 24.0 Å². The second-order valence-electron chi connectivity index (χ2n) is 7.24. The van der Waals surface area contributed by atoms with Crippen LogP contribution in [0.5, 0.6) is 5.75 Å². The number of nitrogens with zero attached hydrogens (tertiary/aromatic N) is 1. The largest absolute Gasteiger partial charge is 0.489 e. The molecule has 6 heteroatoms. The Morgan fingerprint density at radius 3 is 2.48 bits per heavy atom. The van der Waals surface area contributed by atoms with Gasteiger partial charge in [0.15, 0.2) is 0 Å². The van der Waals surface area contributed by atoms with Crippen LogP contribution in [0.15, 0.2) is 90.5 Å². The van der Waals surface area contributed by atoms with Gasteiger partial charge >= 0.3 is 0 Å². The van der Waals surface area contributed by atoms with Crippen LogP contribution in [-0.4, -0.2) is 5.91 Å². The van der Waals surface area contributed by atoms with Crippen LogP contribution in [0.25, 0.3) is 16.8 Å². The lowest BCUT2D eigenvalue weighted by molar-refractivity contribution is -0.112. The Labute approximate surface area is 201 Å². The first kappa shape index (κ1) is 22.4. The van der Waals surface area contributed by atoms with Crippen LogP contribution in [0.4, 0.5) is 5.69 Å². The van der Waals surface area contributed by atoms with Gasteiger partial charge in [-0.15, -0.1) is 0 Å². The smallest absolute Gasteiger partial charge is 0.266 e. The molecule has 0 unspecified atom stereocenters. The van der Waals surface area contributed by atoms with Crippen LogP contribution >= 0.6 is 23.2 Å². The predicted molar refractivity (Wildman–Crippen MR) is 133 cm³/mol. The molecule has 0 spiro atoms. The molecule has 4 aromatic rings. The first-order valence-electron chi connectivity index (χ1n) is 10.1. The van der Waals surface area contributed by atoms with Gasteiger partial charge in [-0.3, -0.25) is 4.79 Å². The third kappa shape index (κ3) is 5.53. The Hall–Kier alpha value is -3.78. The molecule has 0 aliphatic heterocycles. The molecule has 0 radical (unpaired) electrons. The minimum atomic E-state index is -0.466. The number of hydrogen-bond acceptors (Lipinski definition) is 3. The van der Waals surface area contributed by atoms with Crippen LogP contribution < -0.4 is 10.1 Å². The number of carbonyl (C=O) groups is 1. The summed E-state index contributed by atoms with van der Waals surface area (Å²) >= 11 is 12.1. The number of anilines is 1. The first-order valence-corrected chi connectivity index (χ1v) is 10.9. The topological polar surface area (TPSA) is 62.1 Å².